The van der Waals surface area contributed by atoms with Crippen LogP contribution in [0.4, 0.5) is 0 Å². The Morgan fingerprint density at radius 2 is 2.06 bits per heavy atom. The standard InChI is InChI=1S/C15H18ClNS/c1-3-12-6-7-15(18-12)14(17)9-11-5-4-10(2)8-13(11)16/h4-8,14H,3,9,17H2,1-2H3. The summed E-state index contributed by atoms with van der Waals surface area (Å²) in [5.41, 5.74) is 8.56. The molecule has 0 bridgehead atoms. The number of thiophene rings is 1. The van der Waals surface area contributed by atoms with Gasteiger partial charge in [0.2, 0.25) is 0 Å². The van der Waals surface area contributed by atoms with Gasteiger partial charge in [0.1, 0.15) is 0 Å². The Hall–Kier alpha value is -0.830. The van der Waals surface area contributed by atoms with Gasteiger partial charge in [0.15, 0.2) is 0 Å². The number of nitrogens with two attached hydrogens (primary N) is 1. The van der Waals surface area contributed by atoms with Crippen molar-refractivity contribution in [3.05, 3.63) is 56.2 Å². The van der Waals surface area contributed by atoms with Gasteiger partial charge in [-0.2, -0.15) is 0 Å². The van der Waals surface area contributed by atoms with E-state index in [-0.39, 0.29) is 6.04 Å². The van der Waals surface area contributed by atoms with Gasteiger partial charge in [-0.3, -0.25) is 0 Å². The fourth-order valence-corrected chi connectivity index (χ4v) is 3.21. The second-order valence-electron chi connectivity index (χ2n) is 4.56. The Balaban J connectivity index is 2.13. The predicted molar refractivity (Wildman–Crippen MR) is 80.5 cm³/mol. The summed E-state index contributed by atoms with van der Waals surface area (Å²) < 4.78 is 0. The first-order valence-electron chi connectivity index (χ1n) is 6.19. The van der Waals surface area contributed by atoms with Crippen LogP contribution in [0.3, 0.4) is 0 Å². The van der Waals surface area contributed by atoms with Crippen LogP contribution in [0.5, 0.6) is 0 Å². The summed E-state index contributed by atoms with van der Waals surface area (Å²) >= 11 is 8.04. The average Bonchev–Trinajstić information content (AvgIpc) is 2.81. The first-order chi connectivity index (χ1) is 8.60. The minimum absolute atomic E-state index is 0.0375. The lowest BCUT2D eigenvalue weighted by molar-refractivity contribution is 0.736. The van der Waals surface area contributed by atoms with E-state index in [1.165, 1.54) is 15.3 Å². The van der Waals surface area contributed by atoms with E-state index < -0.39 is 0 Å². The van der Waals surface area contributed by atoms with Gasteiger partial charge in [0.25, 0.3) is 0 Å². The normalized spacial score (nSPS) is 12.7. The van der Waals surface area contributed by atoms with Gasteiger partial charge in [0.05, 0.1) is 0 Å². The van der Waals surface area contributed by atoms with E-state index in [9.17, 15) is 0 Å². The lowest BCUT2D eigenvalue weighted by atomic mass is 10.0. The summed E-state index contributed by atoms with van der Waals surface area (Å²) in [6, 6.07) is 10.5. The van der Waals surface area contributed by atoms with Gasteiger partial charge >= 0.3 is 0 Å². The van der Waals surface area contributed by atoms with Crippen molar-refractivity contribution >= 4 is 22.9 Å². The van der Waals surface area contributed by atoms with Gasteiger partial charge < -0.3 is 5.73 Å². The highest BCUT2D eigenvalue weighted by Gasteiger charge is 2.11. The molecule has 0 amide bonds. The zero-order valence-corrected chi connectivity index (χ0v) is 12.3. The molecule has 0 aliphatic heterocycles. The number of hydrogen-bond donors (Lipinski definition) is 1. The molecule has 2 rings (SSSR count). The molecule has 3 heteroatoms. The molecule has 0 aliphatic rings. The van der Waals surface area contributed by atoms with Crippen LogP contribution in [0.1, 0.15) is 33.8 Å². The van der Waals surface area contributed by atoms with Crippen LogP contribution in [0.2, 0.25) is 5.02 Å². The zero-order chi connectivity index (χ0) is 13.1. The zero-order valence-electron chi connectivity index (χ0n) is 10.7. The molecule has 0 fully saturated rings. The van der Waals surface area contributed by atoms with Gasteiger partial charge in [-0.1, -0.05) is 30.7 Å². The lowest BCUT2D eigenvalue weighted by Gasteiger charge is -2.11. The van der Waals surface area contributed by atoms with Crippen LogP contribution < -0.4 is 5.73 Å². The van der Waals surface area contributed by atoms with E-state index in [0.717, 1.165) is 23.4 Å². The summed E-state index contributed by atoms with van der Waals surface area (Å²) in [7, 11) is 0. The molecule has 2 aromatic rings. The second kappa shape index (κ2) is 5.87. The summed E-state index contributed by atoms with van der Waals surface area (Å²) in [5.74, 6) is 0. The molecule has 0 aliphatic carbocycles. The smallest absolute Gasteiger partial charge is 0.0441 e. The molecule has 1 unspecified atom stereocenters. The third-order valence-corrected chi connectivity index (χ3v) is 4.76. The maximum atomic E-state index is 6.25. The molecule has 1 heterocycles. The van der Waals surface area contributed by atoms with Gasteiger partial charge in [-0.25, -0.2) is 0 Å². The van der Waals surface area contributed by atoms with Crippen molar-refractivity contribution in [2.45, 2.75) is 32.7 Å². The van der Waals surface area contributed by atoms with E-state index >= 15 is 0 Å². The van der Waals surface area contributed by atoms with Crippen molar-refractivity contribution in [3.63, 3.8) is 0 Å². The Morgan fingerprint density at radius 3 is 2.67 bits per heavy atom. The van der Waals surface area contributed by atoms with E-state index in [1.807, 2.05) is 13.0 Å². The SMILES string of the molecule is CCc1ccc(C(N)Cc2ccc(C)cc2Cl)s1. The van der Waals surface area contributed by atoms with Crippen LogP contribution in [0.15, 0.2) is 30.3 Å². The first kappa shape index (κ1) is 13.6. The largest absolute Gasteiger partial charge is 0.323 e. The summed E-state index contributed by atoms with van der Waals surface area (Å²) in [4.78, 5) is 2.62. The molecule has 0 radical (unpaired) electrons. The molecular weight excluding hydrogens is 262 g/mol. The predicted octanol–water partition coefficient (Wildman–Crippen LogP) is 4.51. The highest BCUT2D eigenvalue weighted by Crippen LogP contribution is 2.27. The molecular formula is C15H18ClNS. The molecule has 1 aromatic carbocycles. The van der Waals surface area contributed by atoms with Crippen molar-refractivity contribution in [1.29, 1.82) is 0 Å². The lowest BCUT2D eigenvalue weighted by Crippen LogP contribution is -2.12. The van der Waals surface area contributed by atoms with E-state index in [2.05, 4.69) is 31.2 Å². The van der Waals surface area contributed by atoms with Crippen LogP contribution in [0.25, 0.3) is 0 Å². The minimum Gasteiger partial charge on any atom is -0.323 e. The average molecular weight is 280 g/mol. The van der Waals surface area contributed by atoms with E-state index in [0.29, 0.717) is 0 Å². The summed E-state index contributed by atoms with van der Waals surface area (Å²) in [6.45, 7) is 4.21. The van der Waals surface area contributed by atoms with Crippen molar-refractivity contribution in [2.75, 3.05) is 0 Å². The molecule has 1 nitrogen and oxygen atoms in total. The Labute approximate surface area is 118 Å². The molecule has 1 aromatic heterocycles. The third-order valence-electron chi connectivity index (χ3n) is 3.04. The van der Waals surface area contributed by atoms with Crippen LogP contribution in [-0.2, 0) is 12.8 Å². The highest BCUT2D eigenvalue weighted by atomic mass is 35.5. The number of halogens is 1. The van der Waals surface area contributed by atoms with Crippen molar-refractivity contribution in [3.8, 4) is 0 Å². The van der Waals surface area contributed by atoms with Gasteiger partial charge in [-0.15, -0.1) is 11.3 Å². The number of rotatable bonds is 4. The van der Waals surface area contributed by atoms with E-state index in [1.54, 1.807) is 11.3 Å². The van der Waals surface area contributed by atoms with Crippen LogP contribution >= 0.6 is 22.9 Å². The fraction of sp³-hybridized carbons (Fsp3) is 0.333. The number of aryl methyl sites for hydroxylation is 2. The Kier molecular flexibility index (Phi) is 4.44. The maximum Gasteiger partial charge on any atom is 0.0441 e. The van der Waals surface area contributed by atoms with E-state index in [4.69, 9.17) is 17.3 Å². The fourth-order valence-electron chi connectivity index (χ4n) is 1.94. The van der Waals surface area contributed by atoms with Crippen molar-refractivity contribution in [2.24, 2.45) is 5.73 Å². The van der Waals surface area contributed by atoms with Crippen molar-refractivity contribution in [1.82, 2.24) is 0 Å². The van der Waals surface area contributed by atoms with Gasteiger partial charge in [0, 0.05) is 20.8 Å². The quantitative estimate of drug-likeness (QED) is 0.875. The summed E-state index contributed by atoms with van der Waals surface area (Å²) in [5, 5.41) is 0.817. The summed E-state index contributed by atoms with van der Waals surface area (Å²) in [6.07, 6.45) is 1.87. The number of hydrogen-bond acceptors (Lipinski definition) is 2. The molecule has 96 valence electrons. The minimum atomic E-state index is 0.0375. The molecule has 2 N–H and O–H groups in total. The maximum absolute atomic E-state index is 6.25. The Bertz CT molecular complexity index is 533. The molecule has 0 saturated carbocycles. The molecule has 18 heavy (non-hydrogen) atoms. The van der Waals surface area contributed by atoms with Crippen LogP contribution in [0, 0.1) is 6.92 Å². The number of benzene rings is 1. The first-order valence-corrected chi connectivity index (χ1v) is 7.38. The third kappa shape index (κ3) is 3.14. The highest BCUT2D eigenvalue weighted by molar-refractivity contribution is 7.12. The van der Waals surface area contributed by atoms with Crippen LogP contribution in [-0.4, -0.2) is 0 Å². The Morgan fingerprint density at radius 1 is 1.28 bits per heavy atom. The second-order valence-corrected chi connectivity index (χ2v) is 6.17. The monoisotopic (exact) mass is 279 g/mol. The molecule has 1 atom stereocenters. The molecule has 0 saturated heterocycles. The van der Waals surface area contributed by atoms with Crippen molar-refractivity contribution < 1.29 is 0 Å². The molecule has 0 spiro atoms. The van der Waals surface area contributed by atoms with Gasteiger partial charge in [-0.05, 0) is 49.1 Å². The topological polar surface area (TPSA) is 26.0 Å².